The zero-order valence-corrected chi connectivity index (χ0v) is 8.51. The molecule has 0 spiro atoms. The molecule has 82 valence electrons. The lowest BCUT2D eigenvalue weighted by Crippen LogP contribution is -2.36. The maximum absolute atomic E-state index is 11.6. The molecule has 0 aliphatic heterocycles. The van der Waals surface area contributed by atoms with Gasteiger partial charge in [-0.05, 0) is 6.92 Å². The lowest BCUT2D eigenvalue weighted by atomic mass is 10.2. The van der Waals surface area contributed by atoms with E-state index in [1.165, 1.54) is 18.1 Å². The minimum Gasteiger partial charge on any atom is -0.481 e. The average molecular weight is 212 g/mol. The van der Waals surface area contributed by atoms with Crippen molar-refractivity contribution in [3.8, 4) is 0 Å². The van der Waals surface area contributed by atoms with E-state index in [4.69, 9.17) is 9.52 Å². The van der Waals surface area contributed by atoms with Gasteiger partial charge in [-0.15, -0.1) is 0 Å². The Hall–Kier alpha value is -1.85. The molecule has 0 aliphatic carbocycles. The van der Waals surface area contributed by atoms with Crippen LogP contribution in [-0.4, -0.2) is 40.0 Å². The predicted octanol–water partition coefficient (Wildman–Crippen LogP) is 0.610. The van der Waals surface area contributed by atoms with Crippen LogP contribution in [-0.2, 0) is 4.79 Å². The molecule has 0 bridgehead atoms. The molecule has 1 aromatic rings. The van der Waals surface area contributed by atoms with Gasteiger partial charge in [0.1, 0.15) is 0 Å². The van der Waals surface area contributed by atoms with E-state index < -0.39 is 5.97 Å². The monoisotopic (exact) mass is 212 g/mol. The fourth-order valence-electron chi connectivity index (χ4n) is 1.09. The van der Waals surface area contributed by atoms with Crippen molar-refractivity contribution in [2.75, 3.05) is 7.05 Å². The summed E-state index contributed by atoms with van der Waals surface area (Å²) in [7, 11) is 1.53. The summed E-state index contributed by atoms with van der Waals surface area (Å²) < 4.78 is 4.82. The highest BCUT2D eigenvalue weighted by molar-refractivity contribution is 5.91. The summed E-state index contributed by atoms with van der Waals surface area (Å²) in [4.78, 5) is 27.0. The summed E-state index contributed by atoms with van der Waals surface area (Å²) in [6, 6.07) is -0.389. The zero-order chi connectivity index (χ0) is 11.4. The van der Waals surface area contributed by atoms with Gasteiger partial charge in [-0.3, -0.25) is 9.59 Å². The highest BCUT2D eigenvalue weighted by Gasteiger charge is 2.21. The molecule has 6 nitrogen and oxygen atoms in total. The van der Waals surface area contributed by atoms with E-state index in [9.17, 15) is 9.59 Å². The Balaban J connectivity index is 2.64. The Morgan fingerprint density at radius 3 is 2.80 bits per heavy atom. The molecule has 0 aliphatic rings. The number of oxazole rings is 1. The third-order valence-corrected chi connectivity index (χ3v) is 2.09. The van der Waals surface area contributed by atoms with Crippen LogP contribution in [0.2, 0.25) is 0 Å². The second-order valence-corrected chi connectivity index (χ2v) is 3.23. The first-order chi connectivity index (χ1) is 7.02. The predicted molar refractivity (Wildman–Crippen MR) is 50.3 cm³/mol. The number of aliphatic carboxylic acids is 1. The molecule has 1 unspecified atom stereocenters. The van der Waals surface area contributed by atoms with Crippen molar-refractivity contribution in [3.05, 3.63) is 18.4 Å². The maximum Gasteiger partial charge on any atom is 0.305 e. The Kier molecular flexibility index (Phi) is 3.43. The van der Waals surface area contributed by atoms with Crippen molar-refractivity contribution < 1.29 is 19.1 Å². The summed E-state index contributed by atoms with van der Waals surface area (Å²) in [5.41, 5.74) is 0. The number of carbonyl (C=O) groups excluding carboxylic acids is 1. The highest BCUT2D eigenvalue weighted by atomic mass is 16.4. The SMILES string of the molecule is CC(CC(=O)O)N(C)C(=O)c1cnco1. The number of amides is 1. The third kappa shape index (κ3) is 2.80. The van der Waals surface area contributed by atoms with Crippen LogP contribution in [0.1, 0.15) is 23.9 Å². The molecule has 1 rings (SSSR count). The van der Waals surface area contributed by atoms with Gasteiger partial charge >= 0.3 is 5.97 Å². The molecule has 6 heteroatoms. The molecular weight excluding hydrogens is 200 g/mol. The zero-order valence-electron chi connectivity index (χ0n) is 8.51. The molecule has 0 saturated heterocycles. The number of carbonyl (C=O) groups is 2. The third-order valence-electron chi connectivity index (χ3n) is 2.09. The number of nitrogens with zero attached hydrogens (tertiary/aromatic N) is 2. The summed E-state index contributed by atoms with van der Waals surface area (Å²) in [6.07, 6.45) is 2.35. The summed E-state index contributed by atoms with van der Waals surface area (Å²) in [5, 5.41) is 8.57. The van der Waals surface area contributed by atoms with Crippen LogP contribution in [0.15, 0.2) is 17.0 Å². The van der Waals surface area contributed by atoms with Gasteiger partial charge < -0.3 is 14.4 Å². The van der Waals surface area contributed by atoms with E-state index in [1.807, 2.05) is 0 Å². The fourth-order valence-corrected chi connectivity index (χ4v) is 1.09. The maximum atomic E-state index is 11.6. The number of aromatic nitrogens is 1. The van der Waals surface area contributed by atoms with E-state index in [0.717, 1.165) is 6.39 Å². The van der Waals surface area contributed by atoms with Crippen LogP contribution < -0.4 is 0 Å². The molecular formula is C9H12N2O4. The van der Waals surface area contributed by atoms with Crippen LogP contribution in [0, 0.1) is 0 Å². The Morgan fingerprint density at radius 1 is 1.67 bits per heavy atom. The Labute approximate surface area is 86.5 Å². The van der Waals surface area contributed by atoms with Gasteiger partial charge in [0.15, 0.2) is 6.39 Å². The van der Waals surface area contributed by atoms with Gasteiger partial charge in [-0.25, -0.2) is 4.98 Å². The second-order valence-electron chi connectivity index (χ2n) is 3.23. The van der Waals surface area contributed by atoms with Crippen LogP contribution in [0.25, 0.3) is 0 Å². The number of rotatable bonds is 4. The standard InChI is InChI=1S/C9H12N2O4/c1-6(3-8(12)13)11(2)9(14)7-4-10-5-15-7/h4-6H,3H2,1-2H3,(H,12,13). The molecule has 0 saturated carbocycles. The van der Waals surface area contributed by atoms with E-state index in [-0.39, 0.29) is 24.1 Å². The molecule has 1 N–H and O–H groups in total. The van der Waals surface area contributed by atoms with Crippen molar-refractivity contribution in [1.29, 1.82) is 0 Å². The number of hydrogen-bond donors (Lipinski definition) is 1. The lowest BCUT2D eigenvalue weighted by Gasteiger charge is -2.22. The largest absolute Gasteiger partial charge is 0.481 e. The molecule has 1 aromatic heterocycles. The fraction of sp³-hybridized carbons (Fsp3) is 0.444. The van der Waals surface area contributed by atoms with Gasteiger partial charge in [-0.2, -0.15) is 0 Å². The van der Waals surface area contributed by atoms with Gasteiger partial charge in [0.2, 0.25) is 5.76 Å². The molecule has 1 atom stereocenters. The van der Waals surface area contributed by atoms with Crippen LogP contribution in [0.5, 0.6) is 0 Å². The smallest absolute Gasteiger partial charge is 0.305 e. The molecule has 15 heavy (non-hydrogen) atoms. The summed E-state index contributed by atoms with van der Waals surface area (Å²) >= 11 is 0. The van der Waals surface area contributed by atoms with Crippen LogP contribution >= 0.6 is 0 Å². The second kappa shape index (κ2) is 4.59. The minimum absolute atomic E-state index is 0.101. The summed E-state index contributed by atoms with van der Waals surface area (Å²) in [5.74, 6) is -1.21. The van der Waals surface area contributed by atoms with Crippen molar-refractivity contribution in [2.45, 2.75) is 19.4 Å². The molecule has 0 radical (unpaired) electrons. The van der Waals surface area contributed by atoms with Crippen molar-refractivity contribution in [2.24, 2.45) is 0 Å². The average Bonchev–Trinajstić information content (AvgIpc) is 2.67. The van der Waals surface area contributed by atoms with Crippen molar-refractivity contribution >= 4 is 11.9 Å². The normalized spacial score (nSPS) is 12.1. The molecule has 1 amide bonds. The first kappa shape index (κ1) is 11.2. The lowest BCUT2D eigenvalue weighted by molar-refractivity contribution is -0.137. The van der Waals surface area contributed by atoms with Crippen LogP contribution in [0.3, 0.4) is 0 Å². The topological polar surface area (TPSA) is 83.6 Å². The van der Waals surface area contributed by atoms with E-state index in [0.29, 0.717) is 0 Å². The highest BCUT2D eigenvalue weighted by Crippen LogP contribution is 2.07. The number of carboxylic acids is 1. The Bertz CT molecular complexity index is 347. The quantitative estimate of drug-likeness (QED) is 0.790. The molecule has 0 fully saturated rings. The van der Waals surface area contributed by atoms with Crippen LogP contribution in [0.4, 0.5) is 0 Å². The van der Waals surface area contributed by atoms with Gasteiger partial charge in [0.05, 0.1) is 12.6 Å². The van der Waals surface area contributed by atoms with E-state index >= 15 is 0 Å². The van der Waals surface area contributed by atoms with Crippen molar-refractivity contribution in [3.63, 3.8) is 0 Å². The minimum atomic E-state index is -0.945. The molecule has 1 heterocycles. The van der Waals surface area contributed by atoms with E-state index in [2.05, 4.69) is 4.98 Å². The van der Waals surface area contributed by atoms with Gasteiger partial charge in [0.25, 0.3) is 5.91 Å². The first-order valence-corrected chi connectivity index (χ1v) is 4.39. The number of carboxylic acid groups (broad SMARTS) is 1. The van der Waals surface area contributed by atoms with Crippen molar-refractivity contribution in [1.82, 2.24) is 9.88 Å². The Morgan fingerprint density at radius 2 is 2.33 bits per heavy atom. The number of hydrogen-bond acceptors (Lipinski definition) is 4. The summed E-state index contributed by atoms with van der Waals surface area (Å²) in [6.45, 7) is 1.66. The molecule has 0 aromatic carbocycles. The van der Waals surface area contributed by atoms with Gasteiger partial charge in [0, 0.05) is 13.1 Å². The first-order valence-electron chi connectivity index (χ1n) is 4.39. The van der Waals surface area contributed by atoms with E-state index in [1.54, 1.807) is 6.92 Å². The van der Waals surface area contributed by atoms with Gasteiger partial charge in [-0.1, -0.05) is 0 Å².